The maximum Gasteiger partial charge on any atom is 0.272 e. The van der Waals surface area contributed by atoms with E-state index in [9.17, 15) is 4.79 Å². The molecule has 0 radical (unpaired) electrons. The molecule has 0 saturated carbocycles. The number of carbonyl (C=O) groups is 1. The minimum atomic E-state index is 0.0133. The number of halogens is 1. The first-order valence-corrected chi connectivity index (χ1v) is 10.5. The van der Waals surface area contributed by atoms with Crippen molar-refractivity contribution in [3.63, 3.8) is 0 Å². The fraction of sp³-hybridized carbons (Fsp3) is 0.333. The third-order valence-electron chi connectivity index (χ3n) is 5.88. The van der Waals surface area contributed by atoms with Crippen molar-refractivity contribution in [1.29, 1.82) is 0 Å². The lowest BCUT2D eigenvalue weighted by Gasteiger charge is -2.30. The zero-order valence-electron chi connectivity index (χ0n) is 17.2. The molecule has 0 unspecified atom stereocenters. The second-order valence-electron chi connectivity index (χ2n) is 8.05. The molecular weight excluding hydrogens is 382 g/mol. The molecule has 0 atom stereocenters. The van der Waals surface area contributed by atoms with Gasteiger partial charge in [-0.05, 0) is 68.0 Å². The van der Waals surface area contributed by atoms with Crippen LogP contribution in [0.3, 0.4) is 0 Å². The molecule has 5 heteroatoms. The third-order valence-corrected chi connectivity index (χ3v) is 6.20. The molecule has 3 aromatic rings. The van der Waals surface area contributed by atoms with Crippen molar-refractivity contribution in [3.8, 4) is 16.9 Å². The van der Waals surface area contributed by atoms with E-state index in [4.69, 9.17) is 16.7 Å². The number of likely N-dealkylation sites (tertiary alicyclic amines) is 1. The highest BCUT2D eigenvalue weighted by molar-refractivity contribution is 6.32. The van der Waals surface area contributed by atoms with Crippen LogP contribution >= 0.6 is 11.6 Å². The Morgan fingerprint density at radius 1 is 1.03 bits per heavy atom. The monoisotopic (exact) mass is 407 g/mol. The zero-order chi connectivity index (χ0) is 20.5. The summed E-state index contributed by atoms with van der Waals surface area (Å²) in [6, 6.07) is 15.7. The first kappa shape index (κ1) is 19.7. The first-order chi connectivity index (χ1) is 13.9. The molecule has 0 spiro atoms. The van der Waals surface area contributed by atoms with Crippen molar-refractivity contribution < 1.29 is 4.79 Å². The summed E-state index contributed by atoms with van der Waals surface area (Å²) in [5.41, 5.74) is 5.49. The van der Waals surface area contributed by atoms with Crippen LogP contribution in [-0.4, -0.2) is 33.7 Å². The smallest absolute Gasteiger partial charge is 0.272 e. The normalized spacial score (nSPS) is 15.0. The summed E-state index contributed by atoms with van der Waals surface area (Å²) >= 11 is 6.46. The summed E-state index contributed by atoms with van der Waals surface area (Å²) < 4.78 is 1.70. The van der Waals surface area contributed by atoms with Gasteiger partial charge < -0.3 is 4.90 Å². The van der Waals surface area contributed by atoms with Gasteiger partial charge in [0.15, 0.2) is 0 Å². The Morgan fingerprint density at radius 2 is 1.76 bits per heavy atom. The van der Waals surface area contributed by atoms with Gasteiger partial charge in [-0.3, -0.25) is 4.79 Å². The van der Waals surface area contributed by atoms with Crippen molar-refractivity contribution >= 4 is 17.5 Å². The topological polar surface area (TPSA) is 38.1 Å². The van der Waals surface area contributed by atoms with Crippen molar-refractivity contribution in [1.82, 2.24) is 14.7 Å². The molecule has 0 N–H and O–H groups in total. The Bertz CT molecular complexity index is 1050. The molecule has 0 aliphatic carbocycles. The maximum atomic E-state index is 13.4. The zero-order valence-corrected chi connectivity index (χ0v) is 17.9. The highest BCUT2D eigenvalue weighted by atomic mass is 35.5. The molecule has 1 aliphatic heterocycles. The van der Waals surface area contributed by atoms with Gasteiger partial charge in [-0.15, -0.1) is 0 Å². The second kappa shape index (κ2) is 8.03. The van der Waals surface area contributed by atoms with Gasteiger partial charge in [0.25, 0.3) is 5.91 Å². The SMILES string of the molecule is Cc1ccc(-c2cc(C(=O)N3CCC(C)CC3)n(-c3ccccc3Cl)n2)cc1C. The lowest BCUT2D eigenvalue weighted by molar-refractivity contribution is 0.0688. The van der Waals surface area contributed by atoms with Crippen LogP contribution in [0.25, 0.3) is 16.9 Å². The van der Waals surface area contributed by atoms with E-state index in [-0.39, 0.29) is 5.91 Å². The van der Waals surface area contributed by atoms with Crippen LogP contribution in [0.1, 0.15) is 41.4 Å². The summed E-state index contributed by atoms with van der Waals surface area (Å²) in [5.74, 6) is 0.679. The average molecular weight is 408 g/mol. The fourth-order valence-corrected chi connectivity index (χ4v) is 3.97. The number of hydrogen-bond acceptors (Lipinski definition) is 2. The van der Waals surface area contributed by atoms with E-state index in [1.54, 1.807) is 4.68 Å². The number of carbonyl (C=O) groups excluding carboxylic acids is 1. The highest BCUT2D eigenvalue weighted by Crippen LogP contribution is 2.28. The van der Waals surface area contributed by atoms with Crippen molar-refractivity contribution in [2.45, 2.75) is 33.6 Å². The first-order valence-electron chi connectivity index (χ1n) is 10.2. The van der Waals surface area contributed by atoms with Crippen LogP contribution in [0.5, 0.6) is 0 Å². The quantitative estimate of drug-likeness (QED) is 0.560. The Labute approximate surface area is 177 Å². The number of para-hydroxylation sites is 1. The summed E-state index contributed by atoms with van der Waals surface area (Å²) in [7, 11) is 0. The third kappa shape index (κ3) is 3.95. The largest absolute Gasteiger partial charge is 0.337 e. The molecule has 2 aromatic carbocycles. The minimum Gasteiger partial charge on any atom is -0.337 e. The second-order valence-corrected chi connectivity index (χ2v) is 8.46. The van der Waals surface area contributed by atoms with Gasteiger partial charge in [0.2, 0.25) is 0 Å². The van der Waals surface area contributed by atoms with E-state index in [0.29, 0.717) is 16.6 Å². The van der Waals surface area contributed by atoms with Gasteiger partial charge in [0.1, 0.15) is 5.69 Å². The molecule has 1 saturated heterocycles. The lowest BCUT2D eigenvalue weighted by Crippen LogP contribution is -2.38. The van der Waals surface area contributed by atoms with E-state index in [2.05, 4.69) is 39.0 Å². The number of rotatable bonds is 3. The maximum absolute atomic E-state index is 13.4. The number of aryl methyl sites for hydroxylation is 2. The standard InChI is InChI=1S/C24H26ClN3O/c1-16-10-12-27(13-11-16)24(29)23-15-21(19-9-8-17(2)18(3)14-19)26-28(23)22-7-5-4-6-20(22)25/h4-9,14-16H,10-13H2,1-3H3. The van der Waals surface area contributed by atoms with Crippen LogP contribution < -0.4 is 0 Å². The molecule has 29 heavy (non-hydrogen) atoms. The number of amides is 1. The molecule has 2 heterocycles. The van der Waals surface area contributed by atoms with Gasteiger partial charge in [-0.1, -0.05) is 42.8 Å². The molecular formula is C24H26ClN3O. The van der Waals surface area contributed by atoms with Crippen LogP contribution in [0, 0.1) is 19.8 Å². The van der Waals surface area contributed by atoms with Gasteiger partial charge in [0.05, 0.1) is 16.4 Å². The van der Waals surface area contributed by atoms with Crippen molar-refractivity contribution in [2.75, 3.05) is 13.1 Å². The van der Waals surface area contributed by atoms with Crippen LogP contribution in [0.15, 0.2) is 48.5 Å². The Balaban J connectivity index is 1.80. The molecule has 1 aliphatic rings. The molecule has 4 rings (SSSR count). The Morgan fingerprint density at radius 3 is 2.45 bits per heavy atom. The molecule has 0 bridgehead atoms. The predicted octanol–water partition coefficient (Wildman–Crippen LogP) is 5.68. The van der Waals surface area contributed by atoms with Gasteiger partial charge >= 0.3 is 0 Å². The average Bonchev–Trinajstić information content (AvgIpc) is 3.15. The van der Waals surface area contributed by atoms with Crippen LogP contribution in [0.4, 0.5) is 0 Å². The van der Waals surface area contributed by atoms with E-state index < -0.39 is 0 Å². The summed E-state index contributed by atoms with van der Waals surface area (Å²) in [5, 5.41) is 5.37. The summed E-state index contributed by atoms with van der Waals surface area (Å²) in [4.78, 5) is 15.3. The molecule has 4 nitrogen and oxygen atoms in total. The van der Waals surface area contributed by atoms with E-state index in [0.717, 1.165) is 42.9 Å². The van der Waals surface area contributed by atoms with Crippen LogP contribution in [-0.2, 0) is 0 Å². The number of benzene rings is 2. The van der Waals surface area contributed by atoms with Gasteiger partial charge in [0, 0.05) is 18.7 Å². The number of aromatic nitrogens is 2. The molecule has 1 aromatic heterocycles. The van der Waals surface area contributed by atoms with Crippen molar-refractivity contribution in [2.24, 2.45) is 5.92 Å². The molecule has 1 fully saturated rings. The van der Waals surface area contributed by atoms with Crippen LogP contribution in [0.2, 0.25) is 5.02 Å². The van der Waals surface area contributed by atoms with Crippen molar-refractivity contribution in [3.05, 3.63) is 70.4 Å². The van der Waals surface area contributed by atoms with E-state index >= 15 is 0 Å². The molecule has 1 amide bonds. The fourth-order valence-electron chi connectivity index (χ4n) is 3.76. The summed E-state index contributed by atoms with van der Waals surface area (Å²) in [6.07, 6.45) is 2.08. The summed E-state index contributed by atoms with van der Waals surface area (Å²) in [6.45, 7) is 7.99. The van der Waals surface area contributed by atoms with E-state index in [1.807, 2.05) is 35.2 Å². The van der Waals surface area contributed by atoms with Gasteiger partial charge in [-0.2, -0.15) is 5.10 Å². The number of nitrogens with zero attached hydrogens (tertiary/aromatic N) is 3. The molecule has 150 valence electrons. The lowest BCUT2D eigenvalue weighted by atomic mass is 9.99. The predicted molar refractivity (Wildman–Crippen MR) is 118 cm³/mol. The van der Waals surface area contributed by atoms with E-state index in [1.165, 1.54) is 11.1 Å². The minimum absolute atomic E-state index is 0.0133. The highest BCUT2D eigenvalue weighted by Gasteiger charge is 2.26. The number of piperidine rings is 1. The number of hydrogen-bond donors (Lipinski definition) is 0. The Hall–Kier alpha value is -2.59. The van der Waals surface area contributed by atoms with Gasteiger partial charge in [-0.25, -0.2) is 4.68 Å². The Kier molecular flexibility index (Phi) is 5.46.